The van der Waals surface area contributed by atoms with Crippen LogP contribution in [0.25, 0.3) is 0 Å². The summed E-state index contributed by atoms with van der Waals surface area (Å²) in [7, 11) is -1.31. The van der Waals surface area contributed by atoms with Gasteiger partial charge in [-0.25, -0.2) is 0 Å². The van der Waals surface area contributed by atoms with Gasteiger partial charge in [-0.1, -0.05) is 0 Å². The van der Waals surface area contributed by atoms with Gasteiger partial charge in [-0.2, -0.15) is 4.79 Å². The van der Waals surface area contributed by atoms with Crippen molar-refractivity contribution in [2.24, 2.45) is 0 Å². The van der Waals surface area contributed by atoms with Crippen LogP contribution in [0.4, 0.5) is 4.79 Å². The highest BCUT2D eigenvalue weighted by Crippen LogP contribution is 2.15. The average Bonchev–Trinajstić information content (AvgIpc) is 1.65. The van der Waals surface area contributed by atoms with Crippen LogP contribution in [0.5, 0.6) is 0 Å². The molecule has 0 radical (unpaired) electrons. The van der Waals surface area contributed by atoms with E-state index in [1.165, 1.54) is 0 Å². The van der Waals surface area contributed by atoms with Crippen LogP contribution in [0.3, 0.4) is 0 Å². The van der Waals surface area contributed by atoms with Gasteiger partial charge in [0.05, 0.1) is 9.47 Å². The lowest BCUT2D eigenvalue weighted by Gasteiger charge is -1.82. The smallest absolute Gasteiger partial charge is 0.417 e. The molecular weight excluding hydrogens is 154 g/mol. The highest BCUT2D eigenvalue weighted by atomic mass is 31.1. The summed E-state index contributed by atoms with van der Waals surface area (Å²) in [6.07, 6.45) is -1.20. The Balaban J connectivity index is 3.40. The van der Waals surface area contributed by atoms with Crippen molar-refractivity contribution in [2.45, 2.75) is 0 Å². The molecule has 0 aliphatic heterocycles. The SMILES string of the molecule is O=C(OP)O[P+](=O)O. The van der Waals surface area contributed by atoms with Gasteiger partial charge in [0.1, 0.15) is 0 Å². The Morgan fingerprint density at radius 1 is 1.75 bits per heavy atom. The Labute approximate surface area is 48.2 Å². The van der Waals surface area contributed by atoms with Crippen LogP contribution in [-0.2, 0) is 13.6 Å². The van der Waals surface area contributed by atoms with Gasteiger partial charge in [-0.15, -0.1) is 9.42 Å². The van der Waals surface area contributed by atoms with E-state index in [4.69, 9.17) is 4.89 Å². The number of carbonyl (C=O) groups excluding carboxylic acids is 1. The van der Waals surface area contributed by atoms with Crippen LogP contribution >= 0.6 is 17.7 Å². The second kappa shape index (κ2) is 3.72. The first-order valence-corrected chi connectivity index (χ1v) is 3.01. The third-order valence-corrected chi connectivity index (χ3v) is 0.747. The zero-order valence-electron chi connectivity index (χ0n) is 3.60. The molecule has 8 heavy (non-hydrogen) atoms. The van der Waals surface area contributed by atoms with Gasteiger partial charge in [-0.05, 0) is 0 Å². The highest BCUT2D eigenvalue weighted by Gasteiger charge is 2.20. The van der Waals surface area contributed by atoms with Crippen molar-refractivity contribution in [3.8, 4) is 0 Å². The molecule has 5 nitrogen and oxygen atoms in total. The molecule has 46 valence electrons. The molecule has 2 atom stereocenters. The topological polar surface area (TPSA) is 72.8 Å². The van der Waals surface area contributed by atoms with E-state index in [2.05, 4.69) is 9.05 Å². The van der Waals surface area contributed by atoms with Crippen molar-refractivity contribution in [2.75, 3.05) is 0 Å². The zero-order valence-corrected chi connectivity index (χ0v) is 5.65. The monoisotopic (exact) mass is 157 g/mol. The molecule has 7 heteroatoms. The summed E-state index contributed by atoms with van der Waals surface area (Å²) in [5, 5.41) is 0. The summed E-state index contributed by atoms with van der Waals surface area (Å²) in [6, 6.07) is 0. The first-order valence-electron chi connectivity index (χ1n) is 1.41. The molecule has 0 aromatic heterocycles. The van der Waals surface area contributed by atoms with Gasteiger partial charge in [0.2, 0.25) is 0 Å². The minimum Gasteiger partial charge on any atom is -0.417 e. The molecule has 0 heterocycles. The maximum atomic E-state index is 9.81. The van der Waals surface area contributed by atoms with Crippen LogP contribution in [0, 0.1) is 0 Å². The summed E-state index contributed by atoms with van der Waals surface area (Å²) in [5.74, 6) is 0. The van der Waals surface area contributed by atoms with Crippen LogP contribution in [0.1, 0.15) is 0 Å². The van der Waals surface area contributed by atoms with E-state index in [9.17, 15) is 9.36 Å². The van der Waals surface area contributed by atoms with E-state index in [1.54, 1.807) is 9.47 Å². The standard InChI is InChI=1S/CH2O5P2/c2-1(5-7)6-8(3)4/h7H2/p+1. The fourth-order valence-electron chi connectivity index (χ4n) is 0.0853. The number of rotatable bonds is 1. The van der Waals surface area contributed by atoms with Crippen LogP contribution < -0.4 is 0 Å². The van der Waals surface area contributed by atoms with Crippen molar-refractivity contribution < 1.29 is 23.3 Å². The molecule has 0 fully saturated rings. The average molecular weight is 157 g/mol. The Bertz CT molecular complexity index is 109. The maximum absolute atomic E-state index is 9.81. The van der Waals surface area contributed by atoms with Gasteiger partial charge in [0.25, 0.3) is 0 Å². The van der Waals surface area contributed by atoms with E-state index in [0.717, 1.165) is 0 Å². The Kier molecular flexibility index (Phi) is 3.61. The molecule has 0 saturated heterocycles. The number of hydrogen-bond acceptors (Lipinski definition) is 4. The molecule has 0 aromatic rings. The van der Waals surface area contributed by atoms with Gasteiger partial charge < -0.3 is 4.52 Å². The second-order valence-electron chi connectivity index (χ2n) is 0.697. The molecular formula is CH3O5P2+. The highest BCUT2D eigenvalue weighted by molar-refractivity contribution is 7.32. The second-order valence-corrected chi connectivity index (χ2v) is 1.59. The summed E-state index contributed by atoms with van der Waals surface area (Å²) >= 11 is 0. The summed E-state index contributed by atoms with van der Waals surface area (Å²) < 4.78 is 16.9. The first-order chi connectivity index (χ1) is 3.66. The van der Waals surface area contributed by atoms with Crippen LogP contribution in [-0.4, -0.2) is 11.0 Å². The first kappa shape index (κ1) is 7.76. The molecule has 0 amide bonds. The zero-order chi connectivity index (χ0) is 6.57. The molecule has 2 unspecified atom stereocenters. The van der Waals surface area contributed by atoms with Crippen molar-refractivity contribution in [1.29, 1.82) is 0 Å². The fraction of sp³-hybridized carbons (Fsp3) is 0. The predicted molar refractivity (Wildman–Crippen MR) is 27.1 cm³/mol. The lowest BCUT2D eigenvalue weighted by molar-refractivity contribution is 0.157. The predicted octanol–water partition coefficient (Wildman–Crippen LogP) is 0.579. The minimum absolute atomic E-state index is 1.20. The molecule has 0 spiro atoms. The summed E-state index contributed by atoms with van der Waals surface area (Å²) in [5.41, 5.74) is 0. The third-order valence-electron chi connectivity index (χ3n) is 0.249. The van der Waals surface area contributed by atoms with E-state index in [0.29, 0.717) is 0 Å². The van der Waals surface area contributed by atoms with E-state index >= 15 is 0 Å². The summed E-state index contributed by atoms with van der Waals surface area (Å²) in [6.45, 7) is 0. The van der Waals surface area contributed by atoms with E-state index in [-0.39, 0.29) is 0 Å². The minimum atomic E-state index is -2.88. The van der Waals surface area contributed by atoms with E-state index < -0.39 is 14.4 Å². The molecule has 0 aliphatic rings. The van der Waals surface area contributed by atoms with Crippen molar-refractivity contribution in [3.63, 3.8) is 0 Å². The van der Waals surface area contributed by atoms with Crippen molar-refractivity contribution >= 4 is 23.9 Å². The summed E-state index contributed by atoms with van der Waals surface area (Å²) in [4.78, 5) is 17.6. The van der Waals surface area contributed by atoms with Crippen molar-refractivity contribution in [1.82, 2.24) is 0 Å². The van der Waals surface area contributed by atoms with E-state index in [1.807, 2.05) is 0 Å². The quantitative estimate of drug-likeness (QED) is 0.563. The lowest BCUT2D eigenvalue weighted by Crippen LogP contribution is -1.92. The van der Waals surface area contributed by atoms with Gasteiger partial charge in [0.15, 0.2) is 0 Å². The Morgan fingerprint density at radius 3 is 2.38 bits per heavy atom. The third kappa shape index (κ3) is 3.93. The normalized spacial score (nSPS) is 10.0. The molecule has 0 saturated carbocycles. The fourth-order valence-corrected chi connectivity index (χ4v) is 0.385. The maximum Gasteiger partial charge on any atom is 0.753 e. The molecule has 0 aromatic carbocycles. The van der Waals surface area contributed by atoms with Crippen LogP contribution in [0.2, 0.25) is 0 Å². The van der Waals surface area contributed by atoms with Crippen LogP contribution in [0.15, 0.2) is 0 Å². The lowest BCUT2D eigenvalue weighted by atomic mass is 11.5. The Morgan fingerprint density at radius 2 is 2.25 bits per heavy atom. The molecule has 0 bridgehead atoms. The largest absolute Gasteiger partial charge is 0.753 e. The number of hydrogen-bond donors (Lipinski definition) is 1. The Hall–Kier alpha value is -0.240. The molecule has 1 N–H and O–H groups in total. The molecule has 0 rings (SSSR count). The van der Waals surface area contributed by atoms with Gasteiger partial charge >= 0.3 is 14.4 Å². The van der Waals surface area contributed by atoms with Gasteiger partial charge in [-0.3, -0.25) is 0 Å². The van der Waals surface area contributed by atoms with Gasteiger partial charge in [0, 0.05) is 4.57 Å². The van der Waals surface area contributed by atoms with Crippen molar-refractivity contribution in [3.05, 3.63) is 0 Å². The molecule has 0 aliphatic carbocycles. The number of carbonyl (C=O) groups is 1.